The predicted octanol–water partition coefficient (Wildman–Crippen LogP) is 2.82. The van der Waals surface area contributed by atoms with Crippen LogP contribution in [0.5, 0.6) is 0 Å². The lowest BCUT2D eigenvalue weighted by atomic mass is 10.5. The number of methoxy groups -OCH3 is 2. The van der Waals surface area contributed by atoms with Gasteiger partial charge in [-0.2, -0.15) is 0 Å². The molecule has 2 rings (SSSR count). The third kappa shape index (κ3) is 3.28. The lowest BCUT2D eigenvalue weighted by molar-refractivity contribution is 0.0597. The predicted molar refractivity (Wildman–Crippen MR) is 78.6 cm³/mol. The highest BCUT2D eigenvalue weighted by atomic mass is 32.1. The van der Waals surface area contributed by atoms with E-state index in [2.05, 4.69) is 20.3 Å². The number of nitrogens with one attached hydrogen (secondary N) is 2. The minimum Gasteiger partial charge on any atom is -0.465 e. The van der Waals surface area contributed by atoms with Crippen molar-refractivity contribution in [1.82, 2.24) is 0 Å². The van der Waals surface area contributed by atoms with Crippen LogP contribution in [0.25, 0.3) is 0 Å². The van der Waals surface area contributed by atoms with Gasteiger partial charge in [-0.15, -0.1) is 22.7 Å². The number of thiophene rings is 2. The largest absolute Gasteiger partial charge is 0.465 e. The van der Waals surface area contributed by atoms with E-state index in [1.54, 1.807) is 24.3 Å². The second-order valence-electron chi connectivity index (χ2n) is 3.56. The van der Waals surface area contributed by atoms with E-state index in [1.165, 1.54) is 36.9 Å². The Morgan fingerprint density at radius 2 is 1.25 bits per heavy atom. The first-order chi connectivity index (χ1) is 9.63. The molecule has 0 radical (unpaired) electrons. The molecule has 2 heterocycles. The van der Waals surface area contributed by atoms with Gasteiger partial charge in [-0.05, 0) is 24.3 Å². The lowest BCUT2D eigenvalue weighted by Gasteiger charge is -2.04. The van der Waals surface area contributed by atoms with Crippen LogP contribution in [-0.4, -0.2) is 26.2 Å². The van der Waals surface area contributed by atoms with Gasteiger partial charge in [0.2, 0.25) is 0 Å². The van der Waals surface area contributed by atoms with Crippen molar-refractivity contribution in [3.63, 3.8) is 0 Å². The van der Waals surface area contributed by atoms with Crippen LogP contribution in [0.4, 0.5) is 10.0 Å². The smallest absolute Gasteiger partial charge is 0.348 e. The minimum atomic E-state index is -0.368. The Bertz CT molecular complexity index is 566. The molecule has 0 bridgehead atoms. The normalized spacial score (nSPS) is 9.90. The molecular formula is C12H12N2O4S2. The first kappa shape index (κ1) is 14.4. The summed E-state index contributed by atoms with van der Waals surface area (Å²) in [5, 5.41) is 1.52. The van der Waals surface area contributed by atoms with Gasteiger partial charge in [-0.25, -0.2) is 9.59 Å². The Morgan fingerprint density at radius 3 is 1.60 bits per heavy atom. The summed E-state index contributed by atoms with van der Waals surface area (Å²) in [7, 11) is 2.68. The second kappa shape index (κ2) is 6.40. The fourth-order valence-corrected chi connectivity index (χ4v) is 2.91. The van der Waals surface area contributed by atoms with Crippen LogP contribution in [0.1, 0.15) is 19.3 Å². The Morgan fingerprint density at radius 1 is 0.850 bits per heavy atom. The zero-order valence-electron chi connectivity index (χ0n) is 10.8. The van der Waals surface area contributed by atoms with Gasteiger partial charge >= 0.3 is 11.9 Å². The van der Waals surface area contributed by atoms with E-state index in [-0.39, 0.29) is 11.9 Å². The van der Waals surface area contributed by atoms with Crippen molar-refractivity contribution in [1.29, 1.82) is 0 Å². The Balaban J connectivity index is 1.95. The highest BCUT2D eigenvalue weighted by Gasteiger charge is 2.10. The van der Waals surface area contributed by atoms with Gasteiger partial charge in [0.15, 0.2) is 0 Å². The van der Waals surface area contributed by atoms with Crippen molar-refractivity contribution in [2.45, 2.75) is 0 Å². The van der Waals surface area contributed by atoms with Crippen molar-refractivity contribution in [3.05, 3.63) is 34.0 Å². The maximum atomic E-state index is 11.3. The number of anilines is 2. The van der Waals surface area contributed by atoms with Crippen molar-refractivity contribution < 1.29 is 19.1 Å². The Kier molecular flexibility index (Phi) is 4.59. The van der Waals surface area contributed by atoms with Crippen LogP contribution >= 0.6 is 22.7 Å². The molecule has 0 aliphatic heterocycles. The number of ether oxygens (including phenoxy) is 2. The first-order valence-corrected chi connectivity index (χ1v) is 7.15. The molecule has 2 N–H and O–H groups in total. The van der Waals surface area contributed by atoms with E-state index in [9.17, 15) is 9.59 Å². The van der Waals surface area contributed by atoms with Crippen molar-refractivity contribution in [2.24, 2.45) is 0 Å². The van der Waals surface area contributed by atoms with Gasteiger partial charge in [0.05, 0.1) is 14.2 Å². The molecule has 2 aromatic heterocycles. The van der Waals surface area contributed by atoms with Crippen molar-refractivity contribution in [3.8, 4) is 0 Å². The number of hydrogen-bond acceptors (Lipinski definition) is 8. The summed E-state index contributed by atoms with van der Waals surface area (Å²) >= 11 is 2.53. The number of hydrazine groups is 1. The molecule has 0 saturated carbocycles. The fraction of sp³-hybridized carbons (Fsp3) is 0.167. The summed E-state index contributed by atoms with van der Waals surface area (Å²) < 4.78 is 9.26. The van der Waals surface area contributed by atoms with Gasteiger partial charge in [0.1, 0.15) is 19.8 Å². The first-order valence-electron chi connectivity index (χ1n) is 5.52. The molecule has 6 nitrogen and oxygen atoms in total. The van der Waals surface area contributed by atoms with Crippen molar-refractivity contribution in [2.75, 3.05) is 25.1 Å². The summed E-state index contributed by atoms with van der Waals surface area (Å²) in [5.74, 6) is -0.737. The summed E-state index contributed by atoms with van der Waals surface area (Å²) in [5.41, 5.74) is 5.90. The monoisotopic (exact) mass is 312 g/mol. The van der Waals surface area contributed by atoms with E-state index < -0.39 is 0 Å². The minimum absolute atomic E-state index is 0.368. The number of esters is 2. The molecule has 106 valence electrons. The number of rotatable bonds is 5. The van der Waals surface area contributed by atoms with Gasteiger partial charge < -0.3 is 9.47 Å². The Hall–Kier alpha value is -2.06. The second-order valence-corrected chi connectivity index (χ2v) is 5.73. The standard InChI is InChI=1S/C12H12N2O4S2/c1-17-11(15)7-3-5-9(19-7)13-14-10-6-4-8(20-10)12(16)18-2/h3-6,13-14H,1-2H3. The number of carbonyl (C=O) groups excluding carboxylic acids is 2. The van der Waals surface area contributed by atoms with Gasteiger partial charge in [0, 0.05) is 0 Å². The van der Waals surface area contributed by atoms with Crippen LogP contribution in [0.3, 0.4) is 0 Å². The molecule has 0 amide bonds. The van der Waals surface area contributed by atoms with E-state index in [1.807, 2.05) is 0 Å². The maximum Gasteiger partial charge on any atom is 0.348 e. The quantitative estimate of drug-likeness (QED) is 0.653. The van der Waals surface area contributed by atoms with Gasteiger partial charge in [-0.1, -0.05) is 0 Å². The zero-order valence-corrected chi connectivity index (χ0v) is 12.4. The van der Waals surface area contributed by atoms with E-state index in [0.717, 1.165) is 10.0 Å². The number of hydrogen-bond donors (Lipinski definition) is 2. The molecule has 2 aromatic rings. The van der Waals surface area contributed by atoms with Crippen LogP contribution in [0.2, 0.25) is 0 Å². The SMILES string of the molecule is COC(=O)c1ccc(NNc2ccc(C(=O)OC)s2)s1. The van der Waals surface area contributed by atoms with E-state index >= 15 is 0 Å². The van der Waals surface area contributed by atoms with Gasteiger partial charge in [0.25, 0.3) is 0 Å². The summed E-state index contributed by atoms with van der Waals surface area (Å²) in [6, 6.07) is 6.88. The molecular weight excluding hydrogens is 300 g/mol. The third-order valence-corrected chi connectivity index (χ3v) is 4.26. The third-order valence-electron chi connectivity index (χ3n) is 2.29. The molecule has 0 fully saturated rings. The highest BCUT2D eigenvalue weighted by Crippen LogP contribution is 2.25. The maximum absolute atomic E-state index is 11.3. The topological polar surface area (TPSA) is 76.7 Å². The zero-order chi connectivity index (χ0) is 14.5. The summed E-state index contributed by atoms with van der Waals surface area (Å²) in [6.45, 7) is 0. The average Bonchev–Trinajstić information content (AvgIpc) is 3.12. The van der Waals surface area contributed by atoms with Crippen LogP contribution in [0, 0.1) is 0 Å². The molecule has 0 saturated heterocycles. The van der Waals surface area contributed by atoms with Crippen LogP contribution < -0.4 is 10.9 Å². The van der Waals surface area contributed by atoms with Crippen LogP contribution in [-0.2, 0) is 9.47 Å². The molecule has 0 spiro atoms. The molecule has 0 aliphatic carbocycles. The van der Waals surface area contributed by atoms with E-state index in [0.29, 0.717) is 9.75 Å². The van der Waals surface area contributed by atoms with Crippen molar-refractivity contribution >= 4 is 44.6 Å². The lowest BCUT2D eigenvalue weighted by Crippen LogP contribution is -2.05. The Labute approximate surface area is 123 Å². The molecule has 0 aliphatic rings. The van der Waals surface area contributed by atoms with E-state index in [4.69, 9.17) is 0 Å². The number of carbonyl (C=O) groups is 2. The molecule has 0 unspecified atom stereocenters. The van der Waals surface area contributed by atoms with Crippen LogP contribution in [0.15, 0.2) is 24.3 Å². The van der Waals surface area contributed by atoms with Gasteiger partial charge in [-0.3, -0.25) is 10.9 Å². The molecule has 20 heavy (non-hydrogen) atoms. The highest BCUT2D eigenvalue weighted by molar-refractivity contribution is 7.18. The molecule has 8 heteroatoms. The summed E-state index contributed by atoms with van der Waals surface area (Å²) in [4.78, 5) is 23.6. The fourth-order valence-electron chi connectivity index (χ4n) is 1.35. The molecule has 0 aromatic carbocycles. The average molecular weight is 312 g/mol. The molecule has 0 atom stereocenters. The summed E-state index contributed by atoms with van der Waals surface area (Å²) in [6.07, 6.45) is 0.